The van der Waals surface area contributed by atoms with E-state index in [4.69, 9.17) is 15.3 Å². The van der Waals surface area contributed by atoms with Crippen molar-refractivity contribution >= 4 is 28.7 Å². The number of benzene rings is 2. The van der Waals surface area contributed by atoms with Gasteiger partial charge in [0.15, 0.2) is 0 Å². The maximum absolute atomic E-state index is 10.7. The van der Waals surface area contributed by atoms with Crippen molar-refractivity contribution in [2.45, 2.75) is 26.2 Å². The van der Waals surface area contributed by atoms with Gasteiger partial charge in [0.1, 0.15) is 0 Å². The molecule has 122 valence electrons. The van der Waals surface area contributed by atoms with Gasteiger partial charge in [-0.2, -0.15) is 0 Å². The Morgan fingerprint density at radius 3 is 1.52 bits per heavy atom. The minimum Gasteiger partial charge on any atom is -0.481 e. The van der Waals surface area contributed by atoms with Crippen LogP contribution in [0.15, 0.2) is 36.4 Å². The number of fused-ring (bicyclic) bond motifs is 1. The molecule has 0 heterocycles. The molecule has 2 aromatic carbocycles. The zero-order valence-corrected chi connectivity index (χ0v) is 12.7. The molecule has 0 unspecified atom stereocenters. The molecule has 0 atom stereocenters. The summed E-state index contributed by atoms with van der Waals surface area (Å²) in [6.07, 6.45) is 2.08. The normalized spacial score (nSPS) is 9.78. The number of carboxylic acid groups (broad SMARTS) is 3. The lowest BCUT2D eigenvalue weighted by Gasteiger charge is -2.01. The number of aliphatic carboxylic acids is 1. The standard InChI is InChI=1S/C12H8O4.C5H10O2/c13-11(14)9-3-1-7-5-10(12(15)16)4-2-8(7)6-9;1-2-3-4-5(6)7/h1-6H,(H,13,14)(H,15,16);2-4H2,1H3,(H,6,7). The fraction of sp³-hybridized carbons (Fsp3) is 0.235. The maximum Gasteiger partial charge on any atom is 0.335 e. The van der Waals surface area contributed by atoms with Crippen LogP contribution in [0, 0.1) is 0 Å². The number of aromatic carboxylic acids is 2. The molecule has 0 fully saturated rings. The van der Waals surface area contributed by atoms with E-state index < -0.39 is 17.9 Å². The van der Waals surface area contributed by atoms with Crippen LogP contribution in [-0.2, 0) is 4.79 Å². The van der Waals surface area contributed by atoms with Crippen LogP contribution in [0.1, 0.15) is 46.9 Å². The Labute approximate surface area is 133 Å². The van der Waals surface area contributed by atoms with Crippen LogP contribution in [0.25, 0.3) is 10.8 Å². The van der Waals surface area contributed by atoms with Gasteiger partial charge in [-0.15, -0.1) is 0 Å². The van der Waals surface area contributed by atoms with Crippen molar-refractivity contribution in [2.24, 2.45) is 0 Å². The molecule has 0 aromatic heterocycles. The van der Waals surface area contributed by atoms with E-state index in [0.717, 1.165) is 12.8 Å². The summed E-state index contributed by atoms with van der Waals surface area (Å²) >= 11 is 0. The number of carboxylic acids is 3. The van der Waals surface area contributed by atoms with Crippen LogP contribution in [0.4, 0.5) is 0 Å². The highest BCUT2D eigenvalue weighted by molar-refractivity contribution is 5.97. The summed E-state index contributed by atoms with van der Waals surface area (Å²) in [4.78, 5) is 31.2. The number of hydrogen-bond acceptors (Lipinski definition) is 3. The smallest absolute Gasteiger partial charge is 0.335 e. The van der Waals surface area contributed by atoms with E-state index in [0.29, 0.717) is 17.2 Å². The van der Waals surface area contributed by atoms with Gasteiger partial charge in [0.05, 0.1) is 11.1 Å². The van der Waals surface area contributed by atoms with Crippen molar-refractivity contribution < 1.29 is 29.7 Å². The SMILES string of the molecule is CCCCC(=O)O.O=C(O)c1ccc2cc(C(=O)O)ccc2c1. The van der Waals surface area contributed by atoms with Gasteiger partial charge in [-0.3, -0.25) is 4.79 Å². The number of carbonyl (C=O) groups is 3. The first-order valence-corrected chi connectivity index (χ1v) is 7.07. The fourth-order valence-corrected chi connectivity index (χ4v) is 1.84. The first-order valence-electron chi connectivity index (χ1n) is 7.07. The first-order chi connectivity index (χ1) is 10.8. The Morgan fingerprint density at radius 1 is 0.826 bits per heavy atom. The van der Waals surface area contributed by atoms with E-state index in [-0.39, 0.29) is 11.1 Å². The van der Waals surface area contributed by atoms with Crippen molar-refractivity contribution in [1.82, 2.24) is 0 Å². The highest BCUT2D eigenvalue weighted by Gasteiger charge is 2.06. The molecule has 3 N–H and O–H groups in total. The van der Waals surface area contributed by atoms with Crippen molar-refractivity contribution in [3.63, 3.8) is 0 Å². The average molecular weight is 318 g/mol. The molecule has 0 aliphatic rings. The number of hydrogen-bond donors (Lipinski definition) is 3. The minimum atomic E-state index is -0.996. The largest absolute Gasteiger partial charge is 0.481 e. The first kappa shape index (κ1) is 18.2. The summed E-state index contributed by atoms with van der Waals surface area (Å²) in [5.41, 5.74) is 0.381. The average Bonchev–Trinajstić information content (AvgIpc) is 2.52. The third-order valence-electron chi connectivity index (χ3n) is 3.08. The third-order valence-corrected chi connectivity index (χ3v) is 3.08. The van der Waals surface area contributed by atoms with Gasteiger partial charge in [0.25, 0.3) is 0 Å². The van der Waals surface area contributed by atoms with Crippen LogP contribution >= 0.6 is 0 Å². The van der Waals surface area contributed by atoms with Gasteiger partial charge in [-0.1, -0.05) is 25.5 Å². The van der Waals surface area contributed by atoms with E-state index in [9.17, 15) is 14.4 Å². The third kappa shape index (κ3) is 5.78. The van der Waals surface area contributed by atoms with Gasteiger partial charge in [-0.25, -0.2) is 9.59 Å². The van der Waals surface area contributed by atoms with E-state index in [1.807, 2.05) is 6.92 Å². The second-order valence-electron chi connectivity index (χ2n) is 4.88. The molecule has 6 nitrogen and oxygen atoms in total. The summed E-state index contributed by atoms with van der Waals surface area (Å²) in [5, 5.41) is 27.1. The van der Waals surface area contributed by atoms with Crippen LogP contribution in [-0.4, -0.2) is 33.2 Å². The highest BCUT2D eigenvalue weighted by atomic mass is 16.4. The molecule has 2 aromatic rings. The molecule has 0 bridgehead atoms. The summed E-state index contributed by atoms with van der Waals surface area (Å²) < 4.78 is 0. The predicted molar refractivity (Wildman–Crippen MR) is 85.0 cm³/mol. The van der Waals surface area contributed by atoms with E-state index >= 15 is 0 Å². The van der Waals surface area contributed by atoms with Crippen LogP contribution in [0.5, 0.6) is 0 Å². The summed E-state index contributed by atoms with van der Waals surface area (Å²) in [6.45, 7) is 1.98. The van der Waals surface area contributed by atoms with Gasteiger partial charge < -0.3 is 15.3 Å². The zero-order valence-electron chi connectivity index (χ0n) is 12.7. The molecule has 0 aliphatic heterocycles. The summed E-state index contributed by atoms with van der Waals surface area (Å²) in [6, 6.07) is 9.15. The van der Waals surface area contributed by atoms with Gasteiger partial charge in [0.2, 0.25) is 0 Å². The Balaban J connectivity index is 0.000000322. The molecule has 0 spiro atoms. The number of unbranched alkanes of at least 4 members (excludes halogenated alkanes) is 1. The zero-order chi connectivity index (χ0) is 17.4. The van der Waals surface area contributed by atoms with Crippen molar-refractivity contribution in [2.75, 3.05) is 0 Å². The topological polar surface area (TPSA) is 112 Å². The fourth-order valence-electron chi connectivity index (χ4n) is 1.84. The Bertz CT molecular complexity index is 667. The van der Waals surface area contributed by atoms with E-state index in [1.165, 1.54) is 24.3 Å². The molecular formula is C17H18O6. The van der Waals surface area contributed by atoms with Gasteiger partial charge in [-0.05, 0) is 41.5 Å². The Hall–Kier alpha value is -2.89. The minimum absolute atomic E-state index is 0.190. The molecule has 0 radical (unpaired) electrons. The number of rotatable bonds is 5. The summed E-state index contributed by atoms with van der Waals surface area (Å²) in [7, 11) is 0. The molecule has 23 heavy (non-hydrogen) atoms. The molecule has 6 heteroatoms. The molecule has 0 saturated heterocycles. The quantitative estimate of drug-likeness (QED) is 0.778. The molecule has 0 amide bonds. The van der Waals surface area contributed by atoms with Crippen LogP contribution in [0.3, 0.4) is 0 Å². The van der Waals surface area contributed by atoms with Gasteiger partial charge in [0, 0.05) is 6.42 Å². The second kappa shape index (κ2) is 8.53. The summed E-state index contributed by atoms with van der Waals surface area (Å²) in [5.74, 6) is -2.68. The van der Waals surface area contributed by atoms with Crippen molar-refractivity contribution in [3.8, 4) is 0 Å². The van der Waals surface area contributed by atoms with Crippen molar-refractivity contribution in [1.29, 1.82) is 0 Å². The Morgan fingerprint density at radius 2 is 1.26 bits per heavy atom. The lowest BCUT2D eigenvalue weighted by atomic mass is 10.0. The van der Waals surface area contributed by atoms with E-state index in [1.54, 1.807) is 12.1 Å². The lowest BCUT2D eigenvalue weighted by molar-refractivity contribution is -0.137. The lowest BCUT2D eigenvalue weighted by Crippen LogP contribution is -1.97. The molecule has 0 saturated carbocycles. The van der Waals surface area contributed by atoms with Crippen LogP contribution < -0.4 is 0 Å². The second-order valence-corrected chi connectivity index (χ2v) is 4.88. The maximum atomic E-state index is 10.7. The Kier molecular flexibility index (Phi) is 6.73. The van der Waals surface area contributed by atoms with E-state index in [2.05, 4.69) is 0 Å². The molecule has 2 rings (SSSR count). The molecular weight excluding hydrogens is 300 g/mol. The highest BCUT2D eigenvalue weighted by Crippen LogP contribution is 2.18. The predicted octanol–water partition coefficient (Wildman–Crippen LogP) is 3.50. The van der Waals surface area contributed by atoms with Gasteiger partial charge >= 0.3 is 17.9 Å². The van der Waals surface area contributed by atoms with Crippen molar-refractivity contribution in [3.05, 3.63) is 47.5 Å². The van der Waals surface area contributed by atoms with Crippen LogP contribution in [0.2, 0.25) is 0 Å². The monoisotopic (exact) mass is 318 g/mol. The molecule has 0 aliphatic carbocycles.